The van der Waals surface area contributed by atoms with Crippen molar-refractivity contribution in [1.82, 2.24) is 15.1 Å². The number of benzene rings is 2. The van der Waals surface area contributed by atoms with Crippen LogP contribution in [0, 0.1) is 0 Å². The van der Waals surface area contributed by atoms with Gasteiger partial charge in [-0.2, -0.15) is 0 Å². The molecule has 2 aromatic rings. The molecule has 1 unspecified atom stereocenters. The molecule has 0 aliphatic carbocycles. The van der Waals surface area contributed by atoms with Crippen molar-refractivity contribution in [3.8, 4) is 5.75 Å². The maximum absolute atomic E-state index is 5.54. The second-order valence-corrected chi connectivity index (χ2v) is 6.49. The summed E-state index contributed by atoms with van der Waals surface area (Å²) in [6.45, 7) is 1.54. The summed E-state index contributed by atoms with van der Waals surface area (Å²) in [5.41, 5.74) is 2.42. The standard InChI is InChI=1S/C21H30N4O.HI/c1-22-21(25(4)16-17-11-7-6-8-12-17)23-15-19(24(2)3)18-13-9-10-14-20(18)26-5;/h6-14,19H,15-16H2,1-5H3,(H,22,23);1H. The predicted molar refractivity (Wildman–Crippen MR) is 124 cm³/mol. The number of nitrogens with one attached hydrogen (secondary N) is 1. The average molecular weight is 482 g/mol. The summed E-state index contributed by atoms with van der Waals surface area (Å²) < 4.78 is 5.54. The minimum Gasteiger partial charge on any atom is -0.496 e. The number of aliphatic imine (C=N–C) groups is 1. The first-order valence-electron chi connectivity index (χ1n) is 8.81. The van der Waals surface area contributed by atoms with Crippen molar-refractivity contribution in [3.63, 3.8) is 0 Å². The molecule has 27 heavy (non-hydrogen) atoms. The van der Waals surface area contributed by atoms with Crippen LogP contribution in [0.2, 0.25) is 0 Å². The number of nitrogens with zero attached hydrogens (tertiary/aromatic N) is 3. The Morgan fingerprint density at radius 3 is 2.26 bits per heavy atom. The Bertz CT molecular complexity index is 706. The van der Waals surface area contributed by atoms with E-state index in [0.29, 0.717) is 0 Å². The number of likely N-dealkylation sites (N-methyl/N-ethyl adjacent to an activating group) is 1. The van der Waals surface area contributed by atoms with E-state index in [1.807, 2.05) is 31.3 Å². The summed E-state index contributed by atoms with van der Waals surface area (Å²) in [6.07, 6.45) is 0. The molecule has 0 heterocycles. The maximum Gasteiger partial charge on any atom is 0.193 e. The lowest BCUT2D eigenvalue weighted by molar-refractivity contribution is 0.285. The molecule has 1 atom stereocenters. The van der Waals surface area contributed by atoms with Gasteiger partial charge < -0.3 is 19.9 Å². The number of hydrogen-bond acceptors (Lipinski definition) is 3. The maximum atomic E-state index is 5.54. The van der Waals surface area contributed by atoms with Crippen molar-refractivity contribution in [2.24, 2.45) is 4.99 Å². The van der Waals surface area contributed by atoms with Gasteiger partial charge in [0.1, 0.15) is 5.75 Å². The topological polar surface area (TPSA) is 40.1 Å². The Hall–Kier alpha value is -1.80. The third kappa shape index (κ3) is 6.70. The van der Waals surface area contributed by atoms with Gasteiger partial charge in [0.05, 0.1) is 13.2 Å². The normalized spacial score (nSPS) is 12.3. The molecule has 2 rings (SSSR count). The highest BCUT2D eigenvalue weighted by atomic mass is 127. The zero-order valence-electron chi connectivity index (χ0n) is 16.8. The molecule has 0 saturated heterocycles. The second-order valence-electron chi connectivity index (χ2n) is 6.49. The van der Waals surface area contributed by atoms with E-state index in [1.54, 1.807) is 7.11 Å². The van der Waals surface area contributed by atoms with Gasteiger partial charge in [0.25, 0.3) is 0 Å². The molecule has 2 aromatic carbocycles. The molecule has 6 heteroatoms. The molecule has 0 spiro atoms. The fourth-order valence-corrected chi connectivity index (χ4v) is 3.02. The van der Waals surface area contributed by atoms with Crippen molar-refractivity contribution < 1.29 is 4.74 Å². The van der Waals surface area contributed by atoms with Crippen molar-refractivity contribution in [2.45, 2.75) is 12.6 Å². The van der Waals surface area contributed by atoms with Crippen LogP contribution in [0.15, 0.2) is 59.6 Å². The van der Waals surface area contributed by atoms with Gasteiger partial charge in [-0.25, -0.2) is 0 Å². The lowest BCUT2D eigenvalue weighted by Gasteiger charge is -2.29. The van der Waals surface area contributed by atoms with Gasteiger partial charge in [-0.3, -0.25) is 4.99 Å². The Balaban J connectivity index is 0.00000364. The van der Waals surface area contributed by atoms with Gasteiger partial charge in [-0.05, 0) is 25.7 Å². The number of methoxy groups -OCH3 is 1. The Morgan fingerprint density at radius 1 is 1.04 bits per heavy atom. The van der Waals surface area contributed by atoms with Crippen molar-refractivity contribution >= 4 is 29.9 Å². The van der Waals surface area contributed by atoms with Gasteiger partial charge >= 0.3 is 0 Å². The Labute approximate surface area is 180 Å². The molecule has 0 fully saturated rings. The summed E-state index contributed by atoms with van der Waals surface area (Å²) in [7, 11) is 9.74. The highest BCUT2D eigenvalue weighted by Gasteiger charge is 2.19. The smallest absolute Gasteiger partial charge is 0.193 e. The molecular formula is C21H31IN4O. The van der Waals surface area contributed by atoms with Crippen LogP contribution < -0.4 is 10.1 Å². The zero-order valence-corrected chi connectivity index (χ0v) is 19.2. The summed E-state index contributed by atoms with van der Waals surface area (Å²) in [5.74, 6) is 1.77. The van der Waals surface area contributed by atoms with Crippen LogP contribution in [0.5, 0.6) is 5.75 Å². The van der Waals surface area contributed by atoms with Crippen LogP contribution in [0.1, 0.15) is 17.2 Å². The van der Waals surface area contributed by atoms with Crippen LogP contribution >= 0.6 is 24.0 Å². The minimum atomic E-state index is 0. The SMILES string of the molecule is CN=C(NCC(c1ccccc1OC)N(C)C)N(C)Cc1ccccc1.I. The predicted octanol–water partition coefficient (Wildman–Crippen LogP) is 3.62. The van der Waals surface area contributed by atoms with Gasteiger partial charge in [0, 0.05) is 32.7 Å². The van der Waals surface area contributed by atoms with E-state index in [1.165, 1.54) is 5.56 Å². The number of para-hydroxylation sites is 1. The molecule has 148 valence electrons. The molecule has 0 saturated carbocycles. The molecule has 1 N–H and O–H groups in total. The second kappa shape index (κ2) is 11.8. The van der Waals surface area contributed by atoms with Crippen molar-refractivity contribution in [1.29, 1.82) is 0 Å². The van der Waals surface area contributed by atoms with Crippen LogP contribution in [-0.2, 0) is 6.54 Å². The van der Waals surface area contributed by atoms with Gasteiger partial charge in [-0.15, -0.1) is 24.0 Å². The molecule has 0 aliphatic rings. The van der Waals surface area contributed by atoms with Gasteiger partial charge in [0.15, 0.2) is 5.96 Å². The highest BCUT2D eigenvalue weighted by Crippen LogP contribution is 2.27. The fraction of sp³-hybridized carbons (Fsp3) is 0.381. The number of guanidine groups is 1. The fourth-order valence-electron chi connectivity index (χ4n) is 3.02. The Kier molecular flexibility index (Phi) is 10.2. The monoisotopic (exact) mass is 482 g/mol. The number of rotatable bonds is 7. The third-order valence-electron chi connectivity index (χ3n) is 4.41. The lowest BCUT2D eigenvalue weighted by Crippen LogP contribution is -2.42. The molecule has 0 aromatic heterocycles. The van der Waals surface area contributed by atoms with Crippen molar-refractivity contribution in [2.75, 3.05) is 41.8 Å². The van der Waals surface area contributed by atoms with Crippen LogP contribution in [0.25, 0.3) is 0 Å². The lowest BCUT2D eigenvalue weighted by atomic mass is 10.0. The molecule has 5 nitrogen and oxygen atoms in total. The Morgan fingerprint density at radius 2 is 1.67 bits per heavy atom. The molecule has 0 amide bonds. The first kappa shape index (κ1) is 23.2. The highest BCUT2D eigenvalue weighted by molar-refractivity contribution is 14.0. The molecule has 0 bridgehead atoms. The number of hydrogen-bond donors (Lipinski definition) is 1. The summed E-state index contributed by atoms with van der Waals surface area (Å²) in [4.78, 5) is 8.75. The van der Waals surface area contributed by atoms with Crippen molar-refractivity contribution in [3.05, 3.63) is 65.7 Å². The molecular weight excluding hydrogens is 451 g/mol. The summed E-state index contributed by atoms with van der Waals surface area (Å²) >= 11 is 0. The van der Waals surface area contributed by atoms with Crippen LogP contribution in [-0.4, -0.2) is 57.6 Å². The van der Waals surface area contributed by atoms with E-state index in [9.17, 15) is 0 Å². The van der Waals surface area contributed by atoms with E-state index in [2.05, 4.69) is 71.6 Å². The average Bonchev–Trinajstić information content (AvgIpc) is 2.65. The van der Waals surface area contributed by atoms with Crippen LogP contribution in [0.3, 0.4) is 0 Å². The van der Waals surface area contributed by atoms with E-state index >= 15 is 0 Å². The van der Waals surface area contributed by atoms with Gasteiger partial charge in [-0.1, -0.05) is 48.5 Å². The molecule has 0 aliphatic heterocycles. The van der Waals surface area contributed by atoms with Gasteiger partial charge in [0.2, 0.25) is 0 Å². The van der Waals surface area contributed by atoms with E-state index in [4.69, 9.17) is 4.74 Å². The molecule has 0 radical (unpaired) electrons. The first-order chi connectivity index (χ1) is 12.6. The minimum absolute atomic E-state index is 0. The van der Waals surface area contributed by atoms with Crippen LogP contribution in [0.4, 0.5) is 0 Å². The number of halogens is 1. The largest absolute Gasteiger partial charge is 0.496 e. The number of ether oxygens (including phenoxy) is 1. The van der Waals surface area contributed by atoms with E-state index in [0.717, 1.165) is 30.4 Å². The zero-order chi connectivity index (χ0) is 18.9. The third-order valence-corrected chi connectivity index (χ3v) is 4.41. The van der Waals surface area contributed by atoms with E-state index in [-0.39, 0.29) is 30.0 Å². The first-order valence-corrected chi connectivity index (χ1v) is 8.81. The quantitative estimate of drug-likeness (QED) is 0.372. The summed E-state index contributed by atoms with van der Waals surface area (Å²) in [5, 5.41) is 3.50. The van der Waals surface area contributed by atoms with E-state index < -0.39 is 0 Å². The summed E-state index contributed by atoms with van der Waals surface area (Å²) in [6, 6.07) is 18.7.